The Labute approximate surface area is 119 Å². The summed E-state index contributed by atoms with van der Waals surface area (Å²) in [4.78, 5) is 14.1. The number of benzene rings is 1. The molecule has 1 aromatic carbocycles. The number of nitrogens with one attached hydrogen (secondary N) is 1. The van der Waals surface area contributed by atoms with Crippen LogP contribution in [-0.4, -0.2) is 29.9 Å². The summed E-state index contributed by atoms with van der Waals surface area (Å²) in [5, 5.41) is 4.02. The minimum atomic E-state index is 0.152. The highest BCUT2D eigenvalue weighted by atomic mass is 35.5. The van der Waals surface area contributed by atoms with Gasteiger partial charge in [0.2, 0.25) is 5.91 Å². The molecule has 1 aliphatic rings. The highest BCUT2D eigenvalue weighted by Crippen LogP contribution is 2.26. The first-order valence-electron chi connectivity index (χ1n) is 6.90. The fraction of sp³-hybridized carbons (Fsp3) is 0.533. The zero-order valence-corrected chi connectivity index (χ0v) is 12.3. The van der Waals surface area contributed by atoms with Crippen LogP contribution in [0.25, 0.3) is 0 Å². The molecule has 0 aliphatic heterocycles. The Bertz CT molecular complexity index is 428. The summed E-state index contributed by atoms with van der Waals surface area (Å²) in [7, 11) is 0. The van der Waals surface area contributed by atoms with Gasteiger partial charge in [-0.3, -0.25) is 4.79 Å². The number of carbonyl (C=O) groups excluding carboxylic acids is 1. The van der Waals surface area contributed by atoms with Crippen LogP contribution in [0.15, 0.2) is 24.3 Å². The predicted molar refractivity (Wildman–Crippen MR) is 78.3 cm³/mol. The average molecular weight is 281 g/mol. The predicted octanol–water partition coefficient (Wildman–Crippen LogP) is 3.00. The lowest BCUT2D eigenvalue weighted by Crippen LogP contribution is -2.40. The van der Waals surface area contributed by atoms with Gasteiger partial charge in [-0.2, -0.15) is 0 Å². The number of halogens is 1. The van der Waals surface area contributed by atoms with E-state index in [1.165, 1.54) is 0 Å². The Hall–Kier alpha value is -1.06. The molecule has 19 heavy (non-hydrogen) atoms. The standard InChI is InChI=1S/C15H21ClN2O/c1-3-18(14-8-9-14)15(19)10-17-11(2)12-4-6-13(16)7-5-12/h4-7,11,14,17H,3,8-10H2,1-2H3/t11-/m1/s1. The number of hydrogen-bond acceptors (Lipinski definition) is 2. The monoisotopic (exact) mass is 280 g/mol. The molecule has 1 saturated carbocycles. The normalized spacial score (nSPS) is 16.2. The maximum Gasteiger partial charge on any atom is 0.236 e. The van der Waals surface area contributed by atoms with Gasteiger partial charge in [0, 0.05) is 23.7 Å². The molecule has 0 heterocycles. The molecule has 104 valence electrons. The van der Waals surface area contributed by atoms with Crippen molar-refractivity contribution in [2.24, 2.45) is 0 Å². The van der Waals surface area contributed by atoms with E-state index in [-0.39, 0.29) is 11.9 Å². The van der Waals surface area contributed by atoms with Crippen molar-refractivity contribution in [3.63, 3.8) is 0 Å². The molecule has 1 aliphatic carbocycles. The Morgan fingerprint density at radius 3 is 2.58 bits per heavy atom. The van der Waals surface area contributed by atoms with Crippen molar-refractivity contribution < 1.29 is 4.79 Å². The van der Waals surface area contributed by atoms with Crippen molar-refractivity contribution in [3.05, 3.63) is 34.9 Å². The summed E-state index contributed by atoms with van der Waals surface area (Å²) in [6, 6.07) is 8.37. The SMILES string of the molecule is CCN(C(=O)CN[C@H](C)c1ccc(Cl)cc1)C1CC1. The molecule has 0 spiro atoms. The Morgan fingerprint density at radius 2 is 2.05 bits per heavy atom. The first-order valence-corrected chi connectivity index (χ1v) is 7.28. The van der Waals surface area contributed by atoms with E-state index >= 15 is 0 Å². The van der Waals surface area contributed by atoms with Crippen molar-refractivity contribution in [2.75, 3.05) is 13.1 Å². The van der Waals surface area contributed by atoms with Gasteiger partial charge in [0.1, 0.15) is 0 Å². The number of amides is 1. The summed E-state index contributed by atoms with van der Waals surface area (Å²) < 4.78 is 0. The average Bonchev–Trinajstić information content (AvgIpc) is 3.22. The molecule has 2 rings (SSSR count). The van der Waals surface area contributed by atoms with E-state index in [0.717, 1.165) is 30.0 Å². The topological polar surface area (TPSA) is 32.3 Å². The second-order valence-corrected chi connectivity index (χ2v) is 5.50. The van der Waals surface area contributed by atoms with Crippen LogP contribution in [0.5, 0.6) is 0 Å². The molecule has 3 nitrogen and oxygen atoms in total. The van der Waals surface area contributed by atoms with Crippen LogP contribution < -0.4 is 5.32 Å². The molecule has 1 fully saturated rings. The quantitative estimate of drug-likeness (QED) is 0.869. The van der Waals surface area contributed by atoms with Gasteiger partial charge in [-0.1, -0.05) is 23.7 Å². The summed E-state index contributed by atoms with van der Waals surface area (Å²) in [5.74, 6) is 0.200. The molecule has 0 unspecified atom stereocenters. The summed E-state index contributed by atoms with van der Waals surface area (Å²) >= 11 is 5.86. The van der Waals surface area contributed by atoms with E-state index < -0.39 is 0 Å². The minimum absolute atomic E-state index is 0.152. The Kier molecular flexibility index (Phi) is 4.83. The number of nitrogens with zero attached hydrogens (tertiary/aromatic N) is 1. The van der Waals surface area contributed by atoms with E-state index in [0.29, 0.717) is 12.6 Å². The maximum absolute atomic E-state index is 12.1. The van der Waals surface area contributed by atoms with Crippen LogP contribution in [-0.2, 0) is 4.79 Å². The third-order valence-electron chi connectivity index (χ3n) is 3.58. The molecule has 0 aromatic heterocycles. The number of carbonyl (C=O) groups is 1. The van der Waals surface area contributed by atoms with Crippen LogP contribution in [0.3, 0.4) is 0 Å². The van der Waals surface area contributed by atoms with Crippen molar-refractivity contribution in [3.8, 4) is 0 Å². The van der Waals surface area contributed by atoms with Gasteiger partial charge in [-0.15, -0.1) is 0 Å². The van der Waals surface area contributed by atoms with Gasteiger partial charge in [-0.05, 0) is 44.4 Å². The van der Waals surface area contributed by atoms with Crippen LogP contribution >= 0.6 is 11.6 Å². The lowest BCUT2D eigenvalue weighted by molar-refractivity contribution is -0.130. The molecule has 1 atom stereocenters. The number of rotatable bonds is 6. The molecular weight excluding hydrogens is 260 g/mol. The van der Waals surface area contributed by atoms with Gasteiger partial charge in [-0.25, -0.2) is 0 Å². The zero-order chi connectivity index (χ0) is 13.8. The molecule has 0 bridgehead atoms. The Morgan fingerprint density at radius 1 is 1.42 bits per heavy atom. The third-order valence-corrected chi connectivity index (χ3v) is 3.83. The molecule has 0 radical (unpaired) electrons. The first-order chi connectivity index (χ1) is 9.11. The van der Waals surface area contributed by atoms with Crippen LogP contribution in [0.1, 0.15) is 38.3 Å². The van der Waals surface area contributed by atoms with Crippen LogP contribution in [0, 0.1) is 0 Å². The molecule has 1 N–H and O–H groups in total. The van der Waals surface area contributed by atoms with Crippen molar-refractivity contribution in [1.29, 1.82) is 0 Å². The van der Waals surface area contributed by atoms with Gasteiger partial charge in [0.15, 0.2) is 0 Å². The molecule has 1 aromatic rings. The third kappa shape index (κ3) is 3.95. The second-order valence-electron chi connectivity index (χ2n) is 5.07. The second kappa shape index (κ2) is 6.40. The van der Waals surface area contributed by atoms with Crippen LogP contribution in [0.2, 0.25) is 5.02 Å². The van der Waals surface area contributed by atoms with Crippen molar-refractivity contribution in [2.45, 2.75) is 38.8 Å². The Balaban J connectivity index is 1.84. The van der Waals surface area contributed by atoms with Crippen LogP contribution in [0.4, 0.5) is 0 Å². The molecule has 0 saturated heterocycles. The van der Waals surface area contributed by atoms with Crippen molar-refractivity contribution >= 4 is 17.5 Å². The first kappa shape index (κ1) is 14.4. The number of hydrogen-bond donors (Lipinski definition) is 1. The summed E-state index contributed by atoms with van der Waals surface area (Å²) in [5.41, 5.74) is 1.15. The van der Waals surface area contributed by atoms with E-state index in [1.807, 2.05) is 36.1 Å². The lowest BCUT2D eigenvalue weighted by Gasteiger charge is -2.22. The summed E-state index contributed by atoms with van der Waals surface area (Å²) in [6.07, 6.45) is 2.32. The maximum atomic E-state index is 12.1. The molecule has 4 heteroatoms. The van der Waals surface area contributed by atoms with Gasteiger partial charge < -0.3 is 10.2 Å². The fourth-order valence-electron chi connectivity index (χ4n) is 2.24. The highest BCUT2D eigenvalue weighted by molar-refractivity contribution is 6.30. The van der Waals surface area contributed by atoms with Gasteiger partial charge in [0.05, 0.1) is 6.54 Å². The summed E-state index contributed by atoms with van der Waals surface area (Å²) in [6.45, 7) is 5.30. The van der Waals surface area contributed by atoms with Crippen molar-refractivity contribution in [1.82, 2.24) is 10.2 Å². The van der Waals surface area contributed by atoms with E-state index in [9.17, 15) is 4.79 Å². The smallest absolute Gasteiger partial charge is 0.236 e. The van der Waals surface area contributed by atoms with E-state index in [4.69, 9.17) is 11.6 Å². The van der Waals surface area contributed by atoms with E-state index in [2.05, 4.69) is 12.2 Å². The highest BCUT2D eigenvalue weighted by Gasteiger charge is 2.31. The van der Waals surface area contributed by atoms with Gasteiger partial charge >= 0.3 is 0 Å². The lowest BCUT2D eigenvalue weighted by atomic mass is 10.1. The fourth-order valence-corrected chi connectivity index (χ4v) is 2.36. The zero-order valence-electron chi connectivity index (χ0n) is 11.5. The minimum Gasteiger partial charge on any atom is -0.339 e. The van der Waals surface area contributed by atoms with Gasteiger partial charge in [0.25, 0.3) is 0 Å². The van der Waals surface area contributed by atoms with E-state index in [1.54, 1.807) is 0 Å². The molecule has 1 amide bonds. The number of likely N-dealkylation sites (N-methyl/N-ethyl adjacent to an activating group) is 1. The largest absolute Gasteiger partial charge is 0.339 e. The molecular formula is C15H21ClN2O.